The number of hydrogen-bond acceptors (Lipinski definition) is 3. The summed E-state index contributed by atoms with van der Waals surface area (Å²) in [6.45, 7) is 9.28. The third kappa shape index (κ3) is 5.13. The van der Waals surface area contributed by atoms with Gasteiger partial charge in [0.25, 0.3) is 0 Å². The molecule has 1 aliphatic heterocycles. The minimum Gasteiger partial charge on any atom is -0.368 e. The van der Waals surface area contributed by atoms with E-state index in [-0.39, 0.29) is 18.4 Å². The number of carbonyl (C=O) groups is 2. The monoisotopic (exact) mass is 351 g/mol. The van der Waals surface area contributed by atoms with E-state index in [1.807, 2.05) is 43.0 Å². The van der Waals surface area contributed by atoms with Gasteiger partial charge in [-0.3, -0.25) is 9.59 Å². The first-order chi connectivity index (χ1) is 11.4. The second kappa shape index (κ2) is 8.38. The van der Waals surface area contributed by atoms with Crippen LogP contribution in [0.3, 0.4) is 0 Å². The van der Waals surface area contributed by atoms with E-state index >= 15 is 0 Å². The Bertz CT molecular complexity index is 583. The lowest BCUT2D eigenvalue weighted by atomic mass is 10.2. The fourth-order valence-corrected chi connectivity index (χ4v) is 3.08. The highest BCUT2D eigenvalue weighted by molar-refractivity contribution is 6.30. The van der Waals surface area contributed by atoms with Crippen molar-refractivity contribution in [3.05, 3.63) is 29.3 Å². The largest absolute Gasteiger partial charge is 0.368 e. The maximum atomic E-state index is 12.5. The lowest BCUT2D eigenvalue weighted by molar-refractivity contribution is -0.140. The third-order valence-corrected chi connectivity index (χ3v) is 4.40. The van der Waals surface area contributed by atoms with Crippen LogP contribution in [-0.4, -0.2) is 60.9 Å². The molecule has 24 heavy (non-hydrogen) atoms. The van der Waals surface area contributed by atoms with E-state index in [0.29, 0.717) is 25.6 Å². The van der Waals surface area contributed by atoms with Crippen molar-refractivity contribution in [2.24, 2.45) is 5.92 Å². The summed E-state index contributed by atoms with van der Waals surface area (Å²) in [4.78, 5) is 29.9. The molecule has 0 bridgehead atoms. The normalized spacial score (nSPS) is 14.9. The zero-order valence-electron chi connectivity index (χ0n) is 14.7. The number of anilines is 1. The molecule has 6 heteroatoms. The first-order valence-corrected chi connectivity index (χ1v) is 8.78. The van der Waals surface area contributed by atoms with E-state index in [1.165, 1.54) is 6.92 Å². The van der Waals surface area contributed by atoms with Gasteiger partial charge in [0.05, 0.1) is 6.54 Å². The van der Waals surface area contributed by atoms with Crippen LogP contribution < -0.4 is 4.90 Å². The standard InChI is InChI=1S/C18H26ClN3O2/c1-14(2)12-22(15(3)23)13-18(24)21-9-7-20(8-10-21)17-6-4-5-16(19)11-17/h4-6,11,14H,7-10,12-13H2,1-3H3. The Balaban J connectivity index is 1.89. The van der Waals surface area contributed by atoms with Gasteiger partial charge in [-0.15, -0.1) is 0 Å². The smallest absolute Gasteiger partial charge is 0.242 e. The van der Waals surface area contributed by atoms with Crippen LogP contribution in [0.15, 0.2) is 24.3 Å². The second-order valence-electron chi connectivity index (χ2n) is 6.64. The molecule has 1 aromatic rings. The van der Waals surface area contributed by atoms with Crippen molar-refractivity contribution in [3.8, 4) is 0 Å². The van der Waals surface area contributed by atoms with E-state index in [4.69, 9.17) is 11.6 Å². The van der Waals surface area contributed by atoms with Gasteiger partial charge in [-0.25, -0.2) is 0 Å². The van der Waals surface area contributed by atoms with Crippen molar-refractivity contribution in [1.82, 2.24) is 9.80 Å². The van der Waals surface area contributed by atoms with Crippen LogP contribution in [0.1, 0.15) is 20.8 Å². The number of carbonyl (C=O) groups excluding carboxylic acids is 2. The van der Waals surface area contributed by atoms with E-state index in [1.54, 1.807) is 4.90 Å². The highest BCUT2D eigenvalue weighted by Gasteiger charge is 2.24. The van der Waals surface area contributed by atoms with E-state index in [9.17, 15) is 9.59 Å². The summed E-state index contributed by atoms with van der Waals surface area (Å²) in [7, 11) is 0. The maximum Gasteiger partial charge on any atom is 0.242 e. The molecule has 0 aliphatic carbocycles. The number of hydrogen-bond donors (Lipinski definition) is 0. The number of halogens is 1. The number of rotatable bonds is 5. The first kappa shape index (κ1) is 18.6. The van der Waals surface area contributed by atoms with Gasteiger partial charge < -0.3 is 14.7 Å². The molecule has 1 aliphatic rings. The van der Waals surface area contributed by atoms with E-state index in [2.05, 4.69) is 4.90 Å². The Morgan fingerprint density at radius 2 is 1.88 bits per heavy atom. The van der Waals surface area contributed by atoms with Crippen molar-refractivity contribution in [2.75, 3.05) is 44.2 Å². The molecule has 1 aromatic carbocycles. The van der Waals surface area contributed by atoms with Gasteiger partial charge in [-0.05, 0) is 24.1 Å². The van der Waals surface area contributed by atoms with Crippen molar-refractivity contribution < 1.29 is 9.59 Å². The summed E-state index contributed by atoms with van der Waals surface area (Å²) in [6.07, 6.45) is 0. The van der Waals surface area contributed by atoms with Gasteiger partial charge in [-0.2, -0.15) is 0 Å². The highest BCUT2D eigenvalue weighted by Crippen LogP contribution is 2.20. The van der Waals surface area contributed by atoms with Crippen molar-refractivity contribution in [1.29, 1.82) is 0 Å². The molecule has 2 rings (SSSR count). The van der Waals surface area contributed by atoms with Crippen molar-refractivity contribution in [3.63, 3.8) is 0 Å². The van der Waals surface area contributed by atoms with Crippen LogP contribution in [0, 0.1) is 5.92 Å². The fourth-order valence-electron chi connectivity index (χ4n) is 2.90. The Labute approximate surface area is 149 Å². The van der Waals surface area contributed by atoms with E-state index < -0.39 is 0 Å². The van der Waals surface area contributed by atoms with Crippen molar-refractivity contribution in [2.45, 2.75) is 20.8 Å². The molecule has 1 heterocycles. The van der Waals surface area contributed by atoms with Crippen LogP contribution >= 0.6 is 11.6 Å². The number of benzene rings is 1. The molecule has 132 valence electrons. The Morgan fingerprint density at radius 3 is 2.42 bits per heavy atom. The van der Waals surface area contributed by atoms with Gasteiger partial charge >= 0.3 is 0 Å². The average molecular weight is 352 g/mol. The summed E-state index contributed by atoms with van der Waals surface area (Å²) in [6, 6.07) is 7.77. The van der Waals surface area contributed by atoms with Crippen LogP contribution in [-0.2, 0) is 9.59 Å². The summed E-state index contributed by atoms with van der Waals surface area (Å²) >= 11 is 6.04. The molecule has 0 atom stereocenters. The minimum absolute atomic E-state index is 0.0246. The molecule has 0 spiro atoms. The average Bonchev–Trinajstić information content (AvgIpc) is 2.54. The quantitative estimate of drug-likeness (QED) is 0.818. The maximum absolute atomic E-state index is 12.5. The van der Waals surface area contributed by atoms with Crippen LogP contribution in [0.5, 0.6) is 0 Å². The van der Waals surface area contributed by atoms with Crippen LogP contribution in [0.2, 0.25) is 5.02 Å². The van der Waals surface area contributed by atoms with Gasteiger partial charge in [0.1, 0.15) is 0 Å². The zero-order valence-corrected chi connectivity index (χ0v) is 15.4. The Morgan fingerprint density at radius 1 is 1.21 bits per heavy atom. The molecule has 5 nitrogen and oxygen atoms in total. The fraction of sp³-hybridized carbons (Fsp3) is 0.556. The van der Waals surface area contributed by atoms with Gasteiger partial charge in [0.2, 0.25) is 11.8 Å². The summed E-state index contributed by atoms with van der Waals surface area (Å²) < 4.78 is 0. The van der Waals surface area contributed by atoms with Crippen LogP contribution in [0.25, 0.3) is 0 Å². The molecule has 2 amide bonds. The Hall–Kier alpha value is -1.75. The van der Waals surface area contributed by atoms with E-state index in [0.717, 1.165) is 23.8 Å². The van der Waals surface area contributed by atoms with Gasteiger partial charge in [-0.1, -0.05) is 31.5 Å². The Kier molecular flexibility index (Phi) is 6.49. The molecule has 0 radical (unpaired) electrons. The third-order valence-electron chi connectivity index (χ3n) is 4.16. The molecule has 1 fully saturated rings. The topological polar surface area (TPSA) is 43.9 Å². The predicted molar refractivity (Wildman–Crippen MR) is 97.3 cm³/mol. The van der Waals surface area contributed by atoms with Gasteiger partial charge in [0, 0.05) is 50.4 Å². The summed E-state index contributed by atoms with van der Waals surface area (Å²) in [5.74, 6) is 0.326. The first-order valence-electron chi connectivity index (χ1n) is 8.40. The van der Waals surface area contributed by atoms with Crippen LogP contribution in [0.4, 0.5) is 5.69 Å². The molecular formula is C18H26ClN3O2. The van der Waals surface area contributed by atoms with Crippen molar-refractivity contribution >= 4 is 29.1 Å². The summed E-state index contributed by atoms with van der Waals surface area (Å²) in [5.41, 5.74) is 1.08. The molecule has 0 saturated carbocycles. The predicted octanol–water partition coefficient (Wildman–Crippen LogP) is 2.49. The molecule has 0 N–H and O–H groups in total. The lowest BCUT2D eigenvalue weighted by Crippen LogP contribution is -2.52. The minimum atomic E-state index is -0.0467. The summed E-state index contributed by atoms with van der Waals surface area (Å²) in [5, 5.41) is 0.719. The van der Waals surface area contributed by atoms with Gasteiger partial charge in [0.15, 0.2) is 0 Å². The molecular weight excluding hydrogens is 326 g/mol. The number of amides is 2. The molecule has 0 aromatic heterocycles. The highest BCUT2D eigenvalue weighted by atomic mass is 35.5. The molecule has 0 unspecified atom stereocenters. The second-order valence-corrected chi connectivity index (χ2v) is 7.08. The zero-order chi connectivity index (χ0) is 17.7. The lowest BCUT2D eigenvalue weighted by Gasteiger charge is -2.37. The number of nitrogens with zero attached hydrogens (tertiary/aromatic N) is 3. The number of piperazine rings is 1. The SMILES string of the molecule is CC(=O)N(CC(=O)N1CCN(c2cccc(Cl)c2)CC1)CC(C)C. The molecule has 1 saturated heterocycles.